The minimum Gasteiger partial charge on any atom is -0.383 e. The minimum absolute atomic E-state index is 0.0649. The molecule has 0 aliphatic heterocycles. The van der Waals surface area contributed by atoms with Gasteiger partial charge in [0, 0.05) is 39.5 Å². The van der Waals surface area contributed by atoms with Crippen molar-refractivity contribution in [1.29, 1.82) is 0 Å². The van der Waals surface area contributed by atoms with Crippen LogP contribution in [0.3, 0.4) is 0 Å². The Bertz CT molecular complexity index is 485. The molecule has 0 spiro atoms. The zero-order valence-electron chi connectivity index (χ0n) is 12.3. The Labute approximate surface area is 120 Å². The van der Waals surface area contributed by atoms with Gasteiger partial charge in [-0.1, -0.05) is 13.8 Å². The van der Waals surface area contributed by atoms with Gasteiger partial charge in [-0.25, -0.2) is 18.1 Å². The molecule has 0 unspecified atom stereocenters. The third-order valence-corrected chi connectivity index (χ3v) is 3.88. The van der Waals surface area contributed by atoms with Crippen LogP contribution in [0.15, 0.2) is 17.6 Å². The van der Waals surface area contributed by atoms with Crippen molar-refractivity contribution in [3.05, 3.63) is 12.5 Å². The molecule has 116 valence electrons. The van der Waals surface area contributed by atoms with Crippen LogP contribution in [0.4, 0.5) is 0 Å². The third kappa shape index (κ3) is 6.00. The Kier molecular flexibility index (Phi) is 7.14. The van der Waals surface area contributed by atoms with Crippen LogP contribution >= 0.6 is 0 Å². The summed E-state index contributed by atoms with van der Waals surface area (Å²) in [7, 11) is -1.90. The average Bonchev–Trinajstić information content (AvgIpc) is 2.82. The average molecular weight is 304 g/mol. The minimum atomic E-state index is -3.52. The maximum atomic E-state index is 12.0. The summed E-state index contributed by atoms with van der Waals surface area (Å²) >= 11 is 0. The third-order valence-electron chi connectivity index (χ3n) is 2.54. The van der Waals surface area contributed by atoms with E-state index >= 15 is 0 Å². The molecule has 0 saturated heterocycles. The highest BCUT2D eigenvalue weighted by Crippen LogP contribution is 2.06. The van der Waals surface area contributed by atoms with Crippen LogP contribution in [0.25, 0.3) is 0 Å². The largest absolute Gasteiger partial charge is 0.383 e. The molecule has 1 aromatic rings. The van der Waals surface area contributed by atoms with E-state index in [9.17, 15) is 8.42 Å². The van der Waals surface area contributed by atoms with Gasteiger partial charge in [-0.15, -0.1) is 0 Å². The highest BCUT2D eigenvalue weighted by molar-refractivity contribution is 7.89. The molecule has 1 aromatic heterocycles. The van der Waals surface area contributed by atoms with Crippen molar-refractivity contribution in [2.45, 2.75) is 25.4 Å². The molecule has 2 N–H and O–H groups in total. The molecule has 0 fully saturated rings. The molecular formula is C12H24N4O3S. The molecule has 0 aromatic carbocycles. The molecule has 1 rings (SSSR count). The monoisotopic (exact) mass is 304 g/mol. The lowest BCUT2D eigenvalue weighted by atomic mass is 10.2. The van der Waals surface area contributed by atoms with Crippen molar-refractivity contribution in [2.75, 3.05) is 33.4 Å². The Hall–Kier alpha value is -0.960. The van der Waals surface area contributed by atoms with Crippen molar-refractivity contribution in [2.24, 2.45) is 5.92 Å². The van der Waals surface area contributed by atoms with E-state index in [0.717, 1.165) is 6.54 Å². The second kappa shape index (κ2) is 8.35. The predicted octanol–water partition coefficient (Wildman–Crippen LogP) is 0.0534. The van der Waals surface area contributed by atoms with Crippen LogP contribution in [0.1, 0.15) is 13.8 Å². The SMILES string of the molecule is COCCNCCNS(=O)(=O)c1cn(CC(C)C)cn1. The van der Waals surface area contributed by atoms with E-state index in [1.807, 2.05) is 0 Å². The molecule has 0 radical (unpaired) electrons. The lowest BCUT2D eigenvalue weighted by molar-refractivity contribution is 0.199. The van der Waals surface area contributed by atoms with Gasteiger partial charge in [-0.3, -0.25) is 0 Å². The molecule has 0 bridgehead atoms. The molecule has 7 nitrogen and oxygen atoms in total. The molecule has 0 aliphatic rings. The molecule has 1 heterocycles. The Morgan fingerprint density at radius 2 is 2.10 bits per heavy atom. The first-order valence-corrected chi connectivity index (χ1v) is 8.15. The summed E-state index contributed by atoms with van der Waals surface area (Å²) in [4.78, 5) is 3.94. The summed E-state index contributed by atoms with van der Waals surface area (Å²) in [6.07, 6.45) is 3.10. The highest BCUT2D eigenvalue weighted by Gasteiger charge is 2.16. The van der Waals surface area contributed by atoms with Gasteiger partial charge in [-0.2, -0.15) is 0 Å². The lowest BCUT2D eigenvalue weighted by Crippen LogP contribution is -2.33. The number of nitrogens with one attached hydrogen (secondary N) is 2. The van der Waals surface area contributed by atoms with Crippen molar-refractivity contribution >= 4 is 10.0 Å². The van der Waals surface area contributed by atoms with Gasteiger partial charge in [0.15, 0.2) is 5.03 Å². The summed E-state index contributed by atoms with van der Waals surface area (Å²) in [5.74, 6) is 0.442. The van der Waals surface area contributed by atoms with Gasteiger partial charge in [0.05, 0.1) is 12.9 Å². The molecule has 0 saturated carbocycles. The Morgan fingerprint density at radius 3 is 2.75 bits per heavy atom. The Morgan fingerprint density at radius 1 is 1.35 bits per heavy atom. The van der Waals surface area contributed by atoms with E-state index in [4.69, 9.17) is 4.74 Å². The summed E-state index contributed by atoms with van der Waals surface area (Å²) < 4.78 is 33.1. The number of methoxy groups -OCH3 is 1. The maximum absolute atomic E-state index is 12.0. The zero-order chi connectivity index (χ0) is 15.0. The van der Waals surface area contributed by atoms with Gasteiger partial charge in [0.1, 0.15) is 0 Å². The fraction of sp³-hybridized carbons (Fsp3) is 0.750. The summed E-state index contributed by atoms with van der Waals surface area (Å²) in [5, 5.41) is 3.13. The second-order valence-corrected chi connectivity index (χ2v) is 6.66. The molecule has 20 heavy (non-hydrogen) atoms. The van der Waals surface area contributed by atoms with Crippen LogP contribution < -0.4 is 10.0 Å². The van der Waals surface area contributed by atoms with Gasteiger partial charge in [-0.05, 0) is 5.92 Å². The van der Waals surface area contributed by atoms with E-state index in [0.29, 0.717) is 32.2 Å². The Balaban J connectivity index is 2.42. The number of rotatable bonds is 10. The second-order valence-electron chi connectivity index (χ2n) is 4.94. The fourth-order valence-corrected chi connectivity index (χ4v) is 2.63. The predicted molar refractivity (Wildman–Crippen MR) is 77.0 cm³/mol. The van der Waals surface area contributed by atoms with Crippen LogP contribution in [-0.2, 0) is 21.3 Å². The topological polar surface area (TPSA) is 85.3 Å². The smallest absolute Gasteiger partial charge is 0.259 e. The number of hydrogen-bond acceptors (Lipinski definition) is 5. The normalized spacial score (nSPS) is 12.2. The number of nitrogens with zero attached hydrogens (tertiary/aromatic N) is 2. The van der Waals surface area contributed by atoms with Gasteiger partial charge in [0.2, 0.25) is 0 Å². The van der Waals surface area contributed by atoms with Crippen LogP contribution in [0.2, 0.25) is 0 Å². The first kappa shape index (κ1) is 17.1. The van der Waals surface area contributed by atoms with E-state index in [1.54, 1.807) is 24.2 Å². The van der Waals surface area contributed by atoms with Crippen molar-refractivity contribution < 1.29 is 13.2 Å². The summed E-state index contributed by atoms with van der Waals surface area (Å²) in [5.41, 5.74) is 0. The number of hydrogen-bond donors (Lipinski definition) is 2. The number of sulfonamides is 1. The van der Waals surface area contributed by atoms with Crippen LogP contribution in [-0.4, -0.2) is 51.3 Å². The van der Waals surface area contributed by atoms with Gasteiger partial charge >= 0.3 is 0 Å². The van der Waals surface area contributed by atoms with Crippen LogP contribution in [0, 0.1) is 5.92 Å². The first-order valence-electron chi connectivity index (χ1n) is 6.67. The fourth-order valence-electron chi connectivity index (χ4n) is 1.65. The summed E-state index contributed by atoms with van der Waals surface area (Å²) in [6.45, 7) is 7.06. The molecular weight excluding hydrogens is 280 g/mol. The van der Waals surface area contributed by atoms with E-state index in [1.165, 1.54) is 0 Å². The molecule has 8 heteroatoms. The first-order chi connectivity index (χ1) is 9.45. The van der Waals surface area contributed by atoms with Crippen molar-refractivity contribution in [3.8, 4) is 0 Å². The van der Waals surface area contributed by atoms with E-state index in [2.05, 4.69) is 28.9 Å². The number of ether oxygens (including phenoxy) is 1. The quantitative estimate of drug-likeness (QED) is 0.597. The zero-order valence-corrected chi connectivity index (χ0v) is 13.1. The van der Waals surface area contributed by atoms with Gasteiger partial charge in [0.25, 0.3) is 10.0 Å². The lowest BCUT2D eigenvalue weighted by Gasteiger charge is -2.06. The molecule has 0 atom stereocenters. The molecule has 0 amide bonds. The van der Waals surface area contributed by atoms with Crippen molar-refractivity contribution in [1.82, 2.24) is 19.6 Å². The van der Waals surface area contributed by atoms with Crippen LogP contribution in [0.5, 0.6) is 0 Å². The molecule has 0 aliphatic carbocycles. The maximum Gasteiger partial charge on any atom is 0.259 e. The van der Waals surface area contributed by atoms with Gasteiger partial charge < -0.3 is 14.6 Å². The highest BCUT2D eigenvalue weighted by atomic mass is 32.2. The summed E-state index contributed by atoms with van der Waals surface area (Å²) in [6, 6.07) is 0. The number of imidazole rings is 1. The number of aromatic nitrogens is 2. The van der Waals surface area contributed by atoms with Crippen molar-refractivity contribution in [3.63, 3.8) is 0 Å². The van der Waals surface area contributed by atoms with E-state index in [-0.39, 0.29) is 5.03 Å². The van der Waals surface area contributed by atoms with E-state index < -0.39 is 10.0 Å². The standard InChI is InChI=1S/C12H24N4O3S/c1-11(2)8-16-9-12(14-10-16)20(17,18)15-5-4-13-6-7-19-3/h9-11,13,15H,4-8H2,1-3H3.